The van der Waals surface area contributed by atoms with Gasteiger partial charge in [0.1, 0.15) is 5.78 Å². The molecule has 1 heterocycles. The highest BCUT2D eigenvalue weighted by Gasteiger charge is 2.29. The smallest absolute Gasteiger partial charge is 0.426 e. The highest BCUT2D eigenvalue weighted by Crippen LogP contribution is 2.18. The Morgan fingerprint density at radius 3 is 2.64 bits per heavy atom. The Morgan fingerprint density at radius 1 is 1.33 bits per heavy atom. The van der Waals surface area contributed by atoms with Crippen molar-refractivity contribution in [3.63, 3.8) is 0 Å². The minimum Gasteiger partial charge on any atom is -0.426 e. The highest BCUT2D eigenvalue weighted by atomic mass is 32.1. The molecular weight excluding hydrogens is 449 g/mol. The van der Waals surface area contributed by atoms with Gasteiger partial charge in [-0.2, -0.15) is 0 Å². The fourth-order valence-electron chi connectivity index (χ4n) is 3.35. The predicted octanol–water partition coefficient (Wildman–Crippen LogP) is 1.07. The lowest BCUT2D eigenvalue weighted by Crippen LogP contribution is -2.49. The normalized spacial score (nSPS) is 13.4. The minimum atomic E-state index is -1.71. The first-order chi connectivity index (χ1) is 15.6. The summed E-state index contributed by atoms with van der Waals surface area (Å²) in [4.78, 5) is 40.8. The number of guanidine groups is 1. The monoisotopic (exact) mass is 483 g/mol. The zero-order valence-corrected chi connectivity index (χ0v) is 19.9. The number of amides is 1. The van der Waals surface area contributed by atoms with Gasteiger partial charge >= 0.3 is 7.12 Å². The number of Topliss-reactive ketones (excluding diaryl/α,β-unsaturated/α-hetero) is 1. The molecular formula is C20H34BN5O6S. The van der Waals surface area contributed by atoms with Gasteiger partial charge in [-0.25, -0.2) is 15.1 Å². The molecule has 33 heavy (non-hydrogen) atoms. The van der Waals surface area contributed by atoms with Crippen LogP contribution in [0.1, 0.15) is 57.2 Å². The van der Waals surface area contributed by atoms with Crippen LogP contribution in [0.3, 0.4) is 0 Å². The zero-order valence-electron chi connectivity index (χ0n) is 19.1. The Morgan fingerprint density at radius 2 is 2.06 bits per heavy atom. The first kappa shape index (κ1) is 28.5. The molecule has 2 atom stereocenters. The lowest BCUT2D eigenvalue weighted by atomic mass is 9.74. The van der Waals surface area contributed by atoms with Crippen LogP contribution in [0.5, 0.6) is 0 Å². The van der Waals surface area contributed by atoms with Crippen molar-refractivity contribution in [3.05, 3.63) is 32.5 Å². The molecule has 0 saturated carbocycles. The number of thiophene rings is 1. The lowest BCUT2D eigenvalue weighted by Gasteiger charge is -2.23. The maximum atomic E-state index is 12.9. The van der Waals surface area contributed by atoms with Gasteiger partial charge in [-0.15, -0.1) is 11.3 Å². The summed E-state index contributed by atoms with van der Waals surface area (Å²) in [6.45, 7) is 3.94. The van der Waals surface area contributed by atoms with Crippen molar-refractivity contribution >= 4 is 36.1 Å². The van der Waals surface area contributed by atoms with E-state index in [1.54, 1.807) is 16.8 Å². The van der Waals surface area contributed by atoms with Crippen molar-refractivity contribution in [1.82, 2.24) is 10.7 Å². The molecule has 1 amide bonds. The van der Waals surface area contributed by atoms with Gasteiger partial charge in [0.25, 0.3) is 5.96 Å². The Labute approximate surface area is 198 Å². The van der Waals surface area contributed by atoms with E-state index in [-0.39, 0.29) is 30.6 Å². The molecule has 0 aliphatic rings. The number of carbonyl (C=O) groups is 2. The second-order valence-corrected chi connectivity index (χ2v) is 9.34. The quantitative estimate of drug-likeness (QED) is 0.0578. The van der Waals surface area contributed by atoms with Crippen LogP contribution < -0.4 is 16.5 Å². The third-order valence-electron chi connectivity index (χ3n) is 4.92. The average molecular weight is 483 g/mol. The van der Waals surface area contributed by atoms with Crippen LogP contribution in [0.15, 0.2) is 22.5 Å². The van der Waals surface area contributed by atoms with E-state index >= 15 is 0 Å². The van der Waals surface area contributed by atoms with Gasteiger partial charge in [-0.3, -0.25) is 9.59 Å². The van der Waals surface area contributed by atoms with Gasteiger partial charge in [0.15, 0.2) is 5.03 Å². The molecule has 1 aromatic heterocycles. The van der Waals surface area contributed by atoms with Crippen molar-refractivity contribution < 1.29 is 24.7 Å². The fraction of sp³-hybridized carbons (Fsp3) is 0.650. The molecule has 0 saturated heterocycles. The van der Waals surface area contributed by atoms with Crippen LogP contribution >= 0.6 is 11.3 Å². The molecule has 1 aromatic rings. The Hall–Kier alpha value is -2.51. The second-order valence-electron chi connectivity index (χ2n) is 8.31. The van der Waals surface area contributed by atoms with Crippen molar-refractivity contribution in [3.8, 4) is 0 Å². The van der Waals surface area contributed by atoms with Crippen LogP contribution in [0.2, 0.25) is 0 Å². The topological polar surface area (TPSA) is 180 Å². The molecule has 0 unspecified atom stereocenters. The number of rotatable bonds is 16. The summed E-state index contributed by atoms with van der Waals surface area (Å²) in [5, 5.41) is 33.4. The van der Waals surface area contributed by atoms with Crippen molar-refractivity contribution in [1.29, 1.82) is 0 Å². The van der Waals surface area contributed by atoms with Crippen LogP contribution in [-0.4, -0.2) is 52.3 Å². The number of ketones is 1. The van der Waals surface area contributed by atoms with E-state index in [2.05, 4.69) is 10.3 Å². The van der Waals surface area contributed by atoms with Crippen molar-refractivity contribution in [2.45, 2.75) is 64.7 Å². The Bertz CT molecular complexity index is 775. The molecule has 0 bridgehead atoms. The number of aliphatic imine (C=N–C) groups is 1. The van der Waals surface area contributed by atoms with E-state index in [9.17, 15) is 29.8 Å². The van der Waals surface area contributed by atoms with Crippen molar-refractivity contribution in [2.24, 2.45) is 22.6 Å². The minimum absolute atomic E-state index is 0.0263. The molecule has 6 N–H and O–H groups in total. The molecule has 0 aliphatic carbocycles. The molecule has 1 rings (SSSR count). The summed E-state index contributed by atoms with van der Waals surface area (Å²) in [5.74, 6) is -2.21. The van der Waals surface area contributed by atoms with Gasteiger partial charge in [0.2, 0.25) is 5.91 Å². The Balaban J connectivity index is 2.69. The molecule has 0 aliphatic heterocycles. The number of nitrogens with two attached hydrogens (primary N) is 1. The number of hydrazine groups is 1. The number of nitrogens with one attached hydrogen (secondary N) is 2. The van der Waals surface area contributed by atoms with Gasteiger partial charge in [0, 0.05) is 30.2 Å². The molecule has 0 aromatic carbocycles. The number of carbonyl (C=O) groups excluding carboxylic acids is 2. The number of hydrogen-bond acceptors (Lipinski definition) is 8. The summed E-state index contributed by atoms with van der Waals surface area (Å²) in [7, 11) is -1.71. The summed E-state index contributed by atoms with van der Waals surface area (Å²) in [5.41, 5.74) is 7.12. The average Bonchev–Trinajstić information content (AvgIpc) is 3.22. The summed E-state index contributed by atoms with van der Waals surface area (Å²) >= 11 is 1.63. The third kappa shape index (κ3) is 12.9. The molecule has 0 fully saturated rings. The molecule has 0 radical (unpaired) electrons. The van der Waals surface area contributed by atoms with Gasteiger partial charge in [-0.05, 0) is 49.5 Å². The van der Waals surface area contributed by atoms with E-state index in [0.717, 1.165) is 6.42 Å². The first-order valence-corrected chi connectivity index (χ1v) is 11.9. The summed E-state index contributed by atoms with van der Waals surface area (Å²) in [6.07, 6.45) is 2.90. The highest BCUT2D eigenvalue weighted by molar-refractivity contribution is 7.09. The molecule has 0 spiro atoms. The fourth-order valence-corrected chi connectivity index (χ4v) is 4.10. The SMILES string of the molecule is CC(C)C[C@H](NC(=O)[C@H](CCCN=C(N)N[N+](=O)[O-])CC(=O)CCCc1cccs1)B(O)O. The summed E-state index contributed by atoms with van der Waals surface area (Å²) in [6, 6.07) is 3.97. The maximum Gasteiger partial charge on any atom is 0.475 e. The number of nitrogens with zero attached hydrogens (tertiary/aromatic N) is 2. The van der Waals surface area contributed by atoms with Crippen LogP contribution in [0.4, 0.5) is 0 Å². The Kier molecular flexibility index (Phi) is 13.3. The maximum absolute atomic E-state index is 12.9. The van der Waals surface area contributed by atoms with Gasteiger partial charge in [-0.1, -0.05) is 25.3 Å². The largest absolute Gasteiger partial charge is 0.475 e. The predicted molar refractivity (Wildman–Crippen MR) is 128 cm³/mol. The molecule has 11 nitrogen and oxygen atoms in total. The van der Waals surface area contributed by atoms with E-state index in [4.69, 9.17) is 5.73 Å². The van der Waals surface area contributed by atoms with Crippen LogP contribution in [-0.2, 0) is 16.0 Å². The summed E-state index contributed by atoms with van der Waals surface area (Å²) < 4.78 is 0. The van der Waals surface area contributed by atoms with E-state index in [1.807, 2.05) is 31.4 Å². The van der Waals surface area contributed by atoms with Gasteiger partial charge < -0.3 is 21.1 Å². The molecule has 13 heteroatoms. The second kappa shape index (κ2) is 15.4. The third-order valence-corrected chi connectivity index (χ3v) is 5.85. The zero-order chi connectivity index (χ0) is 24.8. The van der Waals surface area contributed by atoms with Crippen molar-refractivity contribution in [2.75, 3.05) is 6.54 Å². The van der Waals surface area contributed by atoms with Gasteiger partial charge in [0.05, 0.1) is 5.94 Å². The standard InChI is InChI=1S/C20H34BN5O6S/c1-14(2)12-18(21(29)30)24-19(28)15(6-4-10-23-20(22)25-26(31)32)13-16(27)7-3-8-17-9-5-11-33-17/h5,9,11,14-15,18,29-30H,3-4,6-8,10,12-13H2,1-2H3,(H,24,28)(H3,22,23,25)/t15-,18+/m1/s1. The van der Waals surface area contributed by atoms with E-state index in [0.29, 0.717) is 32.1 Å². The number of aryl methyl sites for hydroxylation is 1. The lowest BCUT2D eigenvalue weighted by molar-refractivity contribution is -0.525. The number of hydrogen-bond donors (Lipinski definition) is 5. The van der Waals surface area contributed by atoms with E-state index in [1.165, 1.54) is 4.88 Å². The van der Waals surface area contributed by atoms with Crippen LogP contribution in [0.25, 0.3) is 0 Å². The van der Waals surface area contributed by atoms with E-state index < -0.39 is 29.9 Å². The molecule has 184 valence electrons. The first-order valence-electron chi connectivity index (χ1n) is 11.0. The number of nitro groups is 1. The van der Waals surface area contributed by atoms with Crippen LogP contribution in [0, 0.1) is 22.0 Å².